The molecule has 0 spiro atoms. The van der Waals surface area contributed by atoms with Gasteiger partial charge in [-0.05, 0) is 30.5 Å². The third kappa shape index (κ3) is 4.06. The van der Waals surface area contributed by atoms with Gasteiger partial charge in [0.2, 0.25) is 0 Å². The van der Waals surface area contributed by atoms with Gasteiger partial charge in [0, 0.05) is 49.1 Å². The van der Waals surface area contributed by atoms with Crippen molar-refractivity contribution in [2.75, 3.05) is 19.6 Å². The van der Waals surface area contributed by atoms with E-state index in [1.807, 2.05) is 18.3 Å². The molecule has 112 valence electrons. The number of benzene rings is 1. The molecule has 2 aromatic rings. The van der Waals surface area contributed by atoms with Gasteiger partial charge in [0.05, 0.1) is 6.33 Å². The minimum absolute atomic E-state index is 0.567. The lowest BCUT2D eigenvalue weighted by Crippen LogP contribution is -2.50. The number of nitrogens with one attached hydrogen (secondary N) is 2. The van der Waals surface area contributed by atoms with Crippen molar-refractivity contribution in [3.05, 3.63) is 53.1 Å². The Labute approximate surface area is 130 Å². The summed E-state index contributed by atoms with van der Waals surface area (Å²) in [4.78, 5) is 9.83. The largest absolute Gasteiger partial charge is 0.348 e. The molecule has 1 aromatic carbocycles. The quantitative estimate of drug-likeness (QED) is 0.892. The van der Waals surface area contributed by atoms with Gasteiger partial charge < -0.3 is 10.3 Å². The fourth-order valence-corrected chi connectivity index (χ4v) is 2.99. The summed E-state index contributed by atoms with van der Waals surface area (Å²) < 4.78 is 0. The molecular weight excluding hydrogens is 284 g/mol. The third-order valence-corrected chi connectivity index (χ3v) is 4.32. The first-order valence-electron chi connectivity index (χ1n) is 7.48. The van der Waals surface area contributed by atoms with E-state index in [1.165, 1.54) is 11.3 Å². The molecule has 1 fully saturated rings. The fourth-order valence-electron chi connectivity index (χ4n) is 2.86. The molecule has 1 atom stereocenters. The number of aryl methyl sites for hydroxylation is 1. The summed E-state index contributed by atoms with van der Waals surface area (Å²) in [6, 6.07) is 8.75. The molecule has 4 nitrogen and oxygen atoms in total. The van der Waals surface area contributed by atoms with E-state index >= 15 is 0 Å². The van der Waals surface area contributed by atoms with Crippen LogP contribution in [0.2, 0.25) is 5.02 Å². The maximum absolute atomic E-state index is 5.96. The monoisotopic (exact) mass is 304 g/mol. The molecule has 1 unspecified atom stereocenters. The number of hydrogen-bond donors (Lipinski definition) is 2. The van der Waals surface area contributed by atoms with Gasteiger partial charge >= 0.3 is 0 Å². The first-order chi connectivity index (χ1) is 10.3. The minimum atomic E-state index is 0.567. The molecule has 1 aromatic heterocycles. The summed E-state index contributed by atoms with van der Waals surface area (Å²) in [6.45, 7) is 4.21. The van der Waals surface area contributed by atoms with Crippen LogP contribution >= 0.6 is 11.6 Å². The van der Waals surface area contributed by atoms with Gasteiger partial charge in [-0.25, -0.2) is 4.98 Å². The lowest BCUT2D eigenvalue weighted by atomic mass is 10.0. The van der Waals surface area contributed by atoms with Crippen LogP contribution in [0.15, 0.2) is 36.8 Å². The number of imidazole rings is 1. The molecule has 0 saturated carbocycles. The maximum atomic E-state index is 5.96. The Bertz CT molecular complexity index is 538. The average molecular weight is 305 g/mol. The highest BCUT2D eigenvalue weighted by atomic mass is 35.5. The second-order valence-corrected chi connectivity index (χ2v) is 6.01. The van der Waals surface area contributed by atoms with Crippen LogP contribution in [-0.4, -0.2) is 40.5 Å². The molecule has 1 saturated heterocycles. The van der Waals surface area contributed by atoms with Gasteiger partial charge in [-0.3, -0.25) is 4.90 Å². The highest BCUT2D eigenvalue weighted by molar-refractivity contribution is 6.30. The Hall–Kier alpha value is -1.36. The zero-order valence-corrected chi connectivity index (χ0v) is 12.8. The van der Waals surface area contributed by atoms with Crippen molar-refractivity contribution in [1.82, 2.24) is 20.2 Å². The van der Waals surface area contributed by atoms with Crippen molar-refractivity contribution in [2.24, 2.45) is 0 Å². The molecule has 1 aliphatic rings. The van der Waals surface area contributed by atoms with Gasteiger partial charge in [-0.1, -0.05) is 23.7 Å². The Balaban J connectivity index is 1.59. The van der Waals surface area contributed by atoms with Crippen molar-refractivity contribution >= 4 is 11.6 Å². The molecule has 0 aliphatic carbocycles. The zero-order valence-electron chi connectivity index (χ0n) is 12.1. The first-order valence-corrected chi connectivity index (χ1v) is 7.85. The standard InChI is InChI=1S/C16H21ClN4/c17-14-3-1-13(2-4-14)11-21-8-7-18-10-16(21)6-5-15-9-19-12-20-15/h1-4,9,12,16,18H,5-8,10-11H2,(H,19,20). The topological polar surface area (TPSA) is 44.0 Å². The summed E-state index contributed by atoms with van der Waals surface area (Å²) in [5, 5.41) is 4.30. The fraction of sp³-hybridized carbons (Fsp3) is 0.438. The molecule has 21 heavy (non-hydrogen) atoms. The van der Waals surface area contributed by atoms with Crippen molar-refractivity contribution < 1.29 is 0 Å². The van der Waals surface area contributed by atoms with Gasteiger partial charge in [-0.2, -0.15) is 0 Å². The van der Waals surface area contributed by atoms with Crippen LogP contribution in [0.25, 0.3) is 0 Å². The molecule has 3 rings (SSSR count). The molecule has 0 amide bonds. The summed E-state index contributed by atoms with van der Waals surface area (Å²) in [5.74, 6) is 0. The van der Waals surface area contributed by atoms with Gasteiger partial charge in [-0.15, -0.1) is 0 Å². The van der Waals surface area contributed by atoms with Crippen molar-refractivity contribution in [3.8, 4) is 0 Å². The Kier molecular flexibility index (Phi) is 4.91. The lowest BCUT2D eigenvalue weighted by Gasteiger charge is -2.36. The number of halogens is 1. The second-order valence-electron chi connectivity index (χ2n) is 5.57. The molecule has 0 radical (unpaired) electrons. The van der Waals surface area contributed by atoms with Crippen LogP contribution in [0, 0.1) is 0 Å². The van der Waals surface area contributed by atoms with E-state index in [0.717, 1.165) is 44.0 Å². The van der Waals surface area contributed by atoms with Crippen LogP contribution in [-0.2, 0) is 13.0 Å². The van der Waals surface area contributed by atoms with Gasteiger partial charge in [0.25, 0.3) is 0 Å². The van der Waals surface area contributed by atoms with Gasteiger partial charge in [0.1, 0.15) is 0 Å². The lowest BCUT2D eigenvalue weighted by molar-refractivity contribution is 0.145. The Morgan fingerprint density at radius 3 is 2.90 bits per heavy atom. The summed E-state index contributed by atoms with van der Waals surface area (Å²) >= 11 is 5.96. The number of hydrogen-bond acceptors (Lipinski definition) is 3. The Morgan fingerprint density at radius 1 is 1.29 bits per heavy atom. The summed E-state index contributed by atoms with van der Waals surface area (Å²) in [5.41, 5.74) is 2.54. The molecule has 2 heterocycles. The van der Waals surface area contributed by atoms with E-state index in [0.29, 0.717) is 6.04 Å². The molecule has 1 aliphatic heterocycles. The normalized spacial score (nSPS) is 19.8. The van der Waals surface area contributed by atoms with Crippen LogP contribution in [0.5, 0.6) is 0 Å². The van der Waals surface area contributed by atoms with Crippen molar-refractivity contribution in [2.45, 2.75) is 25.4 Å². The second kappa shape index (κ2) is 7.07. The van der Waals surface area contributed by atoms with Crippen LogP contribution in [0.4, 0.5) is 0 Å². The summed E-state index contributed by atoms with van der Waals surface area (Å²) in [6.07, 6.45) is 5.85. The van der Waals surface area contributed by atoms with Crippen LogP contribution in [0.1, 0.15) is 17.7 Å². The number of piperazine rings is 1. The highest BCUT2D eigenvalue weighted by Gasteiger charge is 2.22. The number of H-pyrrole nitrogens is 1. The molecule has 0 bridgehead atoms. The highest BCUT2D eigenvalue weighted by Crippen LogP contribution is 2.16. The third-order valence-electron chi connectivity index (χ3n) is 4.07. The summed E-state index contributed by atoms with van der Waals surface area (Å²) in [7, 11) is 0. The molecule has 5 heteroatoms. The molecular formula is C16H21ClN4. The van der Waals surface area contributed by atoms with E-state index < -0.39 is 0 Å². The molecule has 2 N–H and O–H groups in total. The van der Waals surface area contributed by atoms with E-state index in [2.05, 4.69) is 32.3 Å². The van der Waals surface area contributed by atoms with E-state index in [-0.39, 0.29) is 0 Å². The van der Waals surface area contributed by atoms with Crippen molar-refractivity contribution in [3.63, 3.8) is 0 Å². The van der Waals surface area contributed by atoms with Gasteiger partial charge in [0.15, 0.2) is 0 Å². The number of aromatic nitrogens is 2. The Morgan fingerprint density at radius 2 is 2.14 bits per heavy atom. The number of nitrogens with zero attached hydrogens (tertiary/aromatic N) is 2. The SMILES string of the molecule is Clc1ccc(CN2CCNCC2CCc2cnc[nH]2)cc1. The zero-order chi connectivity index (χ0) is 14.5. The predicted octanol–water partition coefficient (Wildman–Crippen LogP) is 2.47. The first kappa shape index (κ1) is 14.6. The van der Waals surface area contributed by atoms with Crippen LogP contribution in [0.3, 0.4) is 0 Å². The maximum Gasteiger partial charge on any atom is 0.0921 e. The van der Waals surface area contributed by atoms with E-state index in [9.17, 15) is 0 Å². The number of aromatic amines is 1. The average Bonchev–Trinajstić information content (AvgIpc) is 3.02. The number of rotatable bonds is 5. The smallest absolute Gasteiger partial charge is 0.0921 e. The van der Waals surface area contributed by atoms with E-state index in [1.54, 1.807) is 6.33 Å². The predicted molar refractivity (Wildman–Crippen MR) is 85.4 cm³/mol. The van der Waals surface area contributed by atoms with Crippen LogP contribution < -0.4 is 5.32 Å². The van der Waals surface area contributed by atoms with E-state index in [4.69, 9.17) is 11.6 Å². The van der Waals surface area contributed by atoms with Crippen molar-refractivity contribution in [1.29, 1.82) is 0 Å². The minimum Gasteiger partial charge on any atom is -0.348 e.